The van der Waals surface area contributed by atoms with Gasteiger partial charge in [-0.3, -0.25) is 14.5 Å². The number of Topliss-reactive ketones (excluding diaryl/α,β-unsaturated/α-hetero) is 1. The fraction of sp³-hybridized carbons (Fsp3) is 0.152. The number of amides is 1. The lowest BCUT2D eigenvalue weighted by atomic mass is 9.95. The van der Waals surface area contributed by atoms with Gasteiger partial charge in [-0.2, -0.15) is 0 Å². The smallest absolute Gasteiger partial charge is 0.350 e. The number of aliphatic hydroxyl groups excluding tert-OH is 1. The number of aromatic nitrogens is 1. The normalized spacial score (nSPS) is 15.9. The number of ether oxygens (including phenoxy) is 2. The van der Waals surface area contributed by atoms with E-state index in [1.807, 2.05) is 31.2 Å². The van der Waals surface area contributed by atoms with Crippen molar-refractivity contribution >= 4 is 55.8 Å². The van der Waals surface area contributed by atoms with E-state index in [2.05, 4.69) is 27.5 Å². The van der Waals surface area contributed by atoms with Crippen molar-refractivity contribution in [1.29, 1.82) is 0 Å². The highest BCUT2D eigenvalue weighted by atomic mass is 79.9. The van der Waals surface area contributed by atoms with E-state index in [0.29, 0.717) is 29.2 Å². The van der Waals surface area contributed by atoms with Crippen molar-refractivity contribution in [2.45, 2.75) is 26.5 Å². The van der Waals surface area contributed by atoms with Gasteiger partial charge in [-0.1, -0.05) is 81.9 Å². The number of rotatable bonds is 9. The minimum Gasteiger partial charge on any atom is -0.507 e. The number of ketones is 1. The van der Waals surface area contributed by atoms with Gasteiger partial charge in [0.25, 0.3) is 5.78 Å². The molecule has 0 aliphatic carbocycles. The monoisotopic (exact) mass is 658 g/mol. The number of anilines is 1. The van der Waals surface area contributed by atoms with E-state index in [9.17, 15) is 19.5 Å². The van der Waals surface area contributed by atoms with Crippen molar-refractivity contribution in [2.24, 2.45) is 0 Å². The summed E-state index contributed by atoms with van der Waals surface area (Å²) in [6.45, 7) is 7.57. The van der Waals surface area contributed by atoms with Crippen LogP contribution in [0.4, 0.5) is 5.13 Å². The van der Waals surface area contributed by atoms with Gasteiger partial charge < -0.3 is 14.6 Å². The molecule has 4 aromatic rings. The maximum absolute atomic E-state index is 13.5. The molecule has 1 atom stereocenters. The molecule has 1 saturated heterocycles. The molecule has 1 aliphatic rings. The lowest BCUT2D eigenvalue weighted by Gasteiger charge is -2.23. The minimum atomic E-state index is -0.993. The van der Waals surface area contributed by atoms with Crippen molar-refractivity contribution in [1.82, 2.24) is 4.98 Å². The van der Waals surface area contributed by atoms with Crippen LogP contribution in [0.2, 0.25) is 0 Å². The topological polar surface area (TPSA) is 106 Å². The molecule has 0 radical (unpaired) electrons. The van der Waals surface area contributed by atoms with Crippen molar-refractivity contribution < 1.29 is 29.0 Å². The first-order chi connectivity index (χ1) is 20.7. The lowest BCUT2D eigenvalue weighted by Crippen LogP contribution is -2.29. The molecule has 1 unspecified atom stereocenters. The molecule has 2 heterocycles. The van der Waals surface area contributed by atoms with Gasteiger partial charge in [-0.05, 0) is 61.4 Å². The van der Waals surface area contributed by atoms with Crippen LogP contribution < -0.4 is 9.64 Å². The first kappa shape index (κ1) is 29.9. The van der Waals surface area contributed by atoms with Gasteiger partial charge in [0.2, 0.25) is 0 Å². The van der Waals surface area contributed by atoms with Gasteiger partial charge in [0.1, 0.15) is 29.6 Å². The number of carbonyl (C=O) groups is 3. The quantitative estimate of drug-likeness (QED) is 0.0674. The highest BCUT2D eigenvalue weighted by Gasteiger charge is 2.48. The Kier molecular flexibility index (Phi) is 8.89. The van der Waals surface area contributed by atoms with Crippen LogP contribution in [0.1, 0.15) is 43.7 Å². The van der Waals surface area contributed by atoms with Gasteiger partial charge in [-0.25, -0.2) is 9.78 Å². The summed E-state index contributed by atoms with van der Waals surface area (Å²) in [5.74, 6) is -2.10. The van der Waals surface area contributed by atoms with E-state index < -0.39 is 23.7 Å². The van der Waals surface area contributed by atoms with Crippen LogP contribution in [-0.2, 0) is 20.9 Å². The molecule has 1 fully saturated rings. The predicted molar refractivity (Wildman–Crippen MR) is 168 cm³/mol. The van der Waals surface area contributed by atoms with E-state index in [1.165, 1.54) is 11.0 Å². The number of aliphatic hydroxyl groups is 1. The highest BCUT2D eigenvalue weighted by Crippen LogP contribution is 2.44. The van der Waals surface area contributed by atoms with Crippen molar-refractivity contribution in [3.63, 3.8) is 0 Å². The first-order valence-electron chi connectivity index (χ1n) is 13.3. The molecule has 0 saturated carbocycles. The number of hydrogen-bond acceptors (Lipinski definition) is 8. The summed E-state index contributed by atoms with van der Waals surface area (Å²) in [6, 6.07) is 20.7. The summed E-state index contributed by atoms with van der Waals surface area (Å²) in [5, 5.41) is 11.6. The Morgan fingerprint density at radius 2 is 1.81 bits per heavy atom. The maximum atomic E-state index is 13.5. The zero-order chi connectivity index (χ0) is 30.7. The van der Waals surface area contributed by atoms with Crippen molar-refractivity contribution in [2.75, 3.05) is 11.5 Å². The molecule has 0 spiro atoms. The Bertz CT molecular complexity index is 1740. The molecular weight excluding hydrogens is 632 g/mol. The van der Waals surface area contributed by atoms with Crippen molar-refractivity contribution in [3.8, 4) is 5.75 Å². The fourth-order valence-electron chi connectivity index (χ4n) is 4.70. The first-order valence-corrected chi connectivity index (χ1v) is 14.9. The van der Waals surface area contributed by atoms with Crippen LogP contribution in [0.25, 0.3) is 5.76 Å². The summed E-state index contributed by atoms with van der Waals surface area (Å²) in [4.78, 5) is 45.5. The van der Waals surface area contributed by atoms with E-state index in [4.69, 9.17) is 9.47 Å². The van der Waals surface area contributed by atoms with Gasteiger partial charge in [0, 0.05) is 10.0 Å². The third kappa shape index (κ3) is 6.30. The largest absolute Gasteiger partial charge is 0.507 e. The number of aryl methyl sites for hydroxylation is 2. The second kappa shape index (κ2) is 12.8. The molecule has 218 valence electrons. The Morgan fingerprint density at radius 3 is 2.49 bits per heavy atom. The molecule has 1 N–H and O–H groups in total. The van der Waals surface area contributed by atoms with E-state index in [-0.39, 0.29) is 27.9 Å². The summed E-state index contributed by atoms with van der Waals surface area (Å²) in [7, 11) is 0. The molecule has 1 amide bonds. The number of benzene rings is 3. The van der Waals surface area contributed by atoms with E-state index in [1.54, 1.807) is 55.5 Å². The third-order valence-corrected chi connectivity index (χ3v) is 8.42. The Morgan fingerprint density at radius 1 is 1.09 bits per heavy atom. The van der Waals surface area contributed by atoms with Crippen LogP contribution in [0.5, 0.6) is 5.75 Å². The summed E-state index contributed by atoms with van der Waals surface area (Å²) in [5.41, 5.74) is 3.33. The number of thiazole rings is 1. The summed E-state index contributed by atoms with van der Waals surface area (Å²) < 4.78 is 11.9. The molecule has 1 aliphatic heterocycles. The molecule has 0 bridgehead atoms. The predicted octanol–water partition coefficient (Wildman–Crippen LogP) is 7.07. The van der Waals surface area contributed by atoms with Crippen LogP contribution in [0.3, 0.4) is 0 Å². The number of carbonyl (C=O) groups excluding carboxylic acids is 3. The molecule has 10 heteroatoms. The molecule has 8 nitrogen and oxygen atoms in total. The Balaban J connectivity index is 1.51. The highest BCUT2D eigenvalue weighted by molar-refractivity contribution is 9.10. The van der Waals surface area contributed by atoms with Crippen LogP contribution >= 0.6 is 27.3 Å². The Hall–Kier alpha value is -4.54. The maximum Gasteiger partial charge on any atom is 0.350 e. The second-order valence-electron chi connectivity index (χ2n) is 9.82. The van der Waals surface area contributed by atoms with Crippen LogP contribution in [-0.4, -0.2) is 34.4 Å². The average Bonchev–Trinajstić information content (AvgIpc) is 3.51. The van der Waals surface area contributed by atoms with E-state index in [0.717, 1.165) is 26.9 Å². The second-order valence-corrected chi connectivity index (χ2v) is 11.7. The summed E-state index contributed by atoms with van der Waals surface area (Å²) >= 11 is 4.36. The SMILES string of the molecule is C=CCOC(=O)c1sc(N2C(=O)C(=O)C(=C(O)c3ccc(OCc4cccc(C)c4)cc3)C2c2ccc(Br)cc2)nc1C. The summed E-state index contributed by atoms with van der Waals surface area (Å²) in [6.07, 6.45) is 1.45. The van der Waals surface area contributed by atoms with Crippen LogP contribution in [0, 0.1) is 13.8 Å². The number of nitrogens with zero attached hydrogens (tertiary/aromatic N) is 2. The van der Waals surface area contributed by atoms with E-state index >= 15 is 0 Å². The molecule has 5 rings (SSSR count). The molecule has 3 aromatic carbocycles. The zero-order valence-electron chi connectivity index (χ0n) is 23.4. The third-order valence-electron chi connectivity index (χ3n) is 6.75. The number of hydrogen-bond donors (Lipinski definition) is 1. The van der Waals surface area contributed by atoms with Gasteiger partial charge in [0.15, 0.2) is 5.13 Å². The van der Waals surface area contributed by atoms with Gasteiger partial charge in [-0.15, -0.1) is 0 Å². The van der Waals surface area contributed by atoms with Crippen molar-refractivity contribution in [3.05, 3.63) is 128 Å². The molecular formula is C33H27BrN2O6S. The zero-order valence-corrected chi connectivity index (χ0v) is 25.8. The van der Waals surface area contributed by atoms with Gasteiger partial charge >= 0.3 is 11.9 Å². The standard InChI is InChI=1S/C33H27BrN2O6S/c1-4-16-41-32(40)30-20(3)35-33(43-30)36-27(22-8-12-24(34)13-9-22)26(29(38)31(36)39)28(37)23-10-14-25(15-11-23)42-18-21-7-5-6-19(2)17-21/h4-15,17,27,37H,1,16,18H2,2-3H3. The van der Waals surface area contributed by atoms with Crippen LogP contribution in [0.15, 0.2) is 95.5 Å². The Labute approximate surface area is 261 Å². The number of esters is 1. The number of halogens is 1. The molecule has 1 aromatic heterocycles. The fourth-order valence-corrected chi connectivity index (χ4v) is 5.95. The lowest BCUT2D eigenvalue weighted by molar-refractivity contribution is -0.132. The van der Waals surface area contributed by atoms with Gasteiger partial charge in [0.05, 0.1) is 17.3 Å². The minimum absolute atomic E-state index is 0.0185. The molecule has 43 heavy (non-hydrogen) atoms. The average molecular weight is 660 g/mol.